The van der Waals surface area contributed by atoms with E-state index in [1.807, 2.05) is 0 Å². The Bertz CT molecular complexity index is 567. The molecule has 2 atom stereocenters. The van der Waals surface area contributed by atoms with E-state index in [-0.39, 0.29) is 0 Å². The van der Waals surface area contributed by atoms with Crippen LogP contribution in [0.15, 0.2) is 18.7 Å². The average molecular weight is 274 g/mol. The van der Waals surface area contributed by atoms with Gasteiger partial charge < -0.3 is 5.32 Å². The SMILES string of the molecule is CC1CCCC1Nc1nc(NN)nc(-n2ccnc2)n1. The summed E-state index contributed by atoms with van der Waals surface area (Å²) in [6.07, 6.45) is 8.69. The molecule has 20 heavy (non-hydrogen) atoms. The number of imidazole rings is 1. The van der Waals surface area contributed by atoms with E-state index < -0.39 is 0 Å². The molecule has 0 aromatic carbocycles. The van der Waals surface area contributed by atoms with Crippen molar-refractivity contribution in [3.63, 3.8) is 0 Å². The van der Waals surface area contributed by atoms with Crippen LogP contribution in [-0.2, 0) is 0 Å². The summed E-state index contributed by atoms with van der Waals surface area (Å²) in [6, 6.07) is 0.402. The molecule has 106 valence electrons. The molecule has 3 rings (SSSR count). The topological polar surface area (TPSA) is 107 Å². The molecule has 1 aliphatic rings. The van der Waals surface area contributed by atoms with Crippen LogP contribution in [-0.4, -0.2) is 30.5 Å². The van der Waals surface area contributed by atoms with Gasteiger partial charge >= 0.3 is 0 Å². The molecule has 0 spiro atoms. The van der Waals surface area contributed by atoms with Crippen LogP contribution in [0.3, 0.4) is 0 Å². The third-order valence-corrected chi connectivity index (χ3v) is 3.66. The Morgan fingerprint density at radius 2 is 2.10 bits per heavy atom. The molecule has 0 aliphatic heterocycles. The normalized spacial score (nSPS) is 21.9. The van der Waals surface area contributed by atoms with Crippen LogP contribution in [0, 0.1) is 5.92 Å². The summed E-state index contributed by atoms with van der Waals surface area (Å²) in [5.74, 6) is 7.40. The van der Waals surface area contributed by atoms with Crippen molar-refractivity contribution in [2.24, 2.45) is 11.8 Å². The van der Waals surface area contributed by atoms with Gasteiger partial charge in [0.05, 0.1) is 0 Å². The summed E-state index contributed by atoms with van der Waals surface area (Å²) in [4.78, 5) is 16.9. The fourth-order valence-electron chi connectivity index (χ4n) is 2.51. The van der Waals surface area contributed by atoms with Crippen molar-refractivity contribution >= 4 is 11.9 Å². The van der Waals surface area contributed by atoms with Crippen LogP contribution >= 0.6 is 0 Å². The van der Waals surface area contributed by atoms with E-state index in [1.54, 1.807) is 23.3 Å². The maximum Gasteiger partial charge on any atom is 0.243 e. The van der Waals surface area contributed by atoms with Gasteiger partial charge in [-0.15, -0.1) is 0 Å². The van der Waals surface area contributed by atoms with Crippen molar-refractivity contribution in [1.82, 2.24) is 24.5 Å². The van der Waals surface area contributed by atoms with Crippen LogP contribution in [0.5, 0.6) is 0 Å². The van der Waals surface area contributed by atoms with Gasteiger partial charge in [0.2, 0.25) is 17.8 Å². The number of aromatic nitrogens is 5. The van der Waals surface area contributed by atoms with Gasteiger partial charge in [-0.2, -0.15) is 15.0 Å². The predicted octanol–water partition coefficient (Wildman–Crippen LogP) is 0.943. The number of hydrogen-bond acceptors (Lipinski definition) is 7. The van der Waals surface area contributed by atoms with Crippen molar-refractivity contribution in [3.8, 4) is 5.95 Å². The fraction of sp³-hybridized carbons (Fsp3) is 0.500. The highest BCUT2D eigenvalue weighted by atomic mass is 15.4. The summed E-state index contributed by atoms with van der Waals surface area (Å²) in [5, 5.41) is 3.38. The smallest absolute Gasteiger partial charge is 0.243 e. The number of nitrogen functional groups attached to an aromatic ring is 1. The first-order chi connectivity index (χ1) is 9.76. The maximum absolute atomic E-state index is 5.42. The molecule has 8 heteroatoms. The van der Waals surface area contributed by atoms with E-state index in [1.165, 1.54) is 12.8 Å². The molecular weight excluding hydrogens is 256 g/mol. The van der Waals surface area contributed by atoms with Crippen LogP contribution in [0.1, 0.15) is 26.2 Å². The molecule has 1 saturated carbocycles. The van der Waals surface area contributed by atoms with E-state index in [9.17, 15) is 0 Å². The Labute approximate surface area is 116 Å². The zero-order valence-corrected chi connectivity index (χ0v) is 11.3. The first-order valence-electron chi connectivity index (χ1n) is 6.74. The van der Waals surface area contributed by atoms with Gasteiger partial charge in [0.1, 0.15) is 6.33 Å². The quantitative estimate of drug-likeness (QED) is 0.562. The Balaban J connectivity index is 1.88. The Morgan fingerprint density at radius 3 is 2.75 bits per heavy atom. The number of nitrogens with one attached hydrogen (secondary N) is 2. The summed E-state index contributed by atoms with van der Waals surface area (Å²) in [7, 11) is 0. The molecular formula is C12H18N8. The largest absolute Gasteiger partial charge is 0.351 e. The maximum atomic E-state index is 5.42. The van der Waals surface area contributed by atoms with Gasteiger partial charge in [-0.3, -0.25) is 9.99 Å². The molecule has 4 N–H and O–H groups in total. The highest BCUT2D eigenvalue weighted by Gasteiger charge is 2.24. The van der Waals surface area contributed by atoms with E-state index in [2.05, 4.69) is 37.6 Å². The Kier molecular flexibility index (Phi) is 3.46. The fourth-order valence-corrected chi connectivity index (χ4v) is 2.51. The third-order valence-electron chi connectivity index (χ3n) is 3.66. The number of hydrazine groups is 1. The minimum absolute atomic E-state index is 0.330. The highest BCUT2D eigenvalue weighted by molar-refractivity contribution is 5.38. The van der Waals surface area contributed by atoms with Crippen molar-refractivity contribution < 1.29 is 0 Å². The molecule has 2 aromatic rings. The monoisotopic (exact) mass is 274 g/mol. The van der Waals surface area contributed by atoms with E-state index in [4.69, 9.17) is 5.84 Å². The molecule has 2 heterocycles. The van der Waals surface area contributed by atoms with Crippen LogP contribution in [0.2, 0.25) is 0 Å². The van der Waals surface area contributed by atoms with Gasteiger partial charge in [0.25, 0.3) is 0 Å². The van der Waals surface area contributed by atoms with E-state index in [0.717, 1.165) is 6.42 Å². The van der Waals surface area contributed by atoms with Crippen molar-refractivity contribution in [2.45, 2.75) is 32.2 Å². The molecule has 0 bridgehead atoms. The Morgan fingerprint density at radius 1 is 1.25 bits per heavy atom. The van der Waals surface area contributed by atoms with Crippen molar-refractivity contribution in [2.75, 3.05) is 10.7 Å². The molecule has 0 saturated heterocycles. The lowest BCUT2D eigenvalue weighted by molar-refractivity contribution is 0.552. The van der Waals surface area contributed by atoms with Crippen LogP contribution in [0.4, 0.5) is 11.9 Å². The molecule has 0 amide bonds. The zero-order valence-electron chi connectivity index (χ0n) is 11.3. The van der Waals surface area contributed by atoms with Gasteiger partial charge in [0, 0.05) is 18.4 Å². The first-order valence-corrected chi connectivity index (χ1v) is 6.74. The highest BCUT2D eigenvalue weighted by Crippen LogP contribution is 2.27. The molecule has 1 fully saturated rings. The third kappa shape index (κ3) is 2.55. The van der Waals surface area contributed by atoms with Crippen molar-refractivity contribution in [1.29, 1.82) is 0 Å². The first kappa shape index (κ1) is 12.8. The zero-order chi connectivity index (χ0) is 13.9. The molecule has 1 aliphatic carbocycles. The van der Waals surface area contributed by atoms with Gasteiger partial charge in [0.15, 0.2) is 0 Å². The minimum Gasteiger partial charge on any atom is -0.351 e. The van der Waals surface area contributed by atoms with Gasteiger partial charge in [-0.25, -0.2) is 10.8 Å². The van der Waals surface area contributed by atoms with Gasteiger partial charge in [-0.1, -0.05) is 13.3 Å². The number of hydrogen-bond donors (Lipinski definition) is 3. The molecule has 0 radical (unpaired) electrons. The number of nitrogens with zero attached hydrogens (tertiary/aromatic N) is 5. The second kappa shape index (κ2) is 5.41. The Hall–Kier alpha value is -2.22. The standard InChI is InChI=1S/C12H18N8/c1-8-3-2-4-9(8)15-10-16-11(19-13)18-12(17-10)20-6-5-14-7-20/h5-9H,2-4,13H2,1H3,(H2,15,16,17,18,19). The van der Waals surface area contributed by atoms with Crippen LogP contribution in [0.25, 0.3) is 5.95 Å². The second-order valence-corrected chi connectivity index (χ2v) is 5.06. The van der Waals surface area contributed by atoms with Crippen molar-refractivity contribution in [3.05, 3.63) is 18.7 Å². The average Bonchev–Trinajstić information content (AvgIpc) is 3.11. The van der Waals surface area contributed by atoms with Gasteiger partial charge in [-0.05, 0) is 18.8 Å². The second-order valence-electron chi connectivity index (χ2n) is 5.06. The summed E-state index contributed by atoms with van der Waals surface area (Å²) >= 11 is 0. The summed E-state index contributed by atoms with van der Waals surface area (Å²) < 4.78 is 1.71. The summed E-state index contributed by atoms with van der Waals surface area (Å²) in [6.45, 7) is 2.24. The molecule has 2 unspecified atom stereocenters. The predicted molar refractivity (Wildman–Crippen MR) is 75.2 cm³/mol. The number of nitrogens with two attached hydrogens (primary N) is 1. The van der Waals surface area contributed by atoms with Crippen LogP contribution < -0.4 is 16.6 Å². The summed E-state index contributed by atoms with van der Waals surface area (Å²) in [5.41, 5.74) is 2.47. The minimum atomic E-state index is 0.330. The molecule has 8 nitrogen and oxygen atoms in total. The number of anilines is 2. The lowest BCUT2D eigenvalue weighted by Gasteiger charge is -2.17. The molecule has 2 aromatic heterocycles. The van der Waals surface area contributed by atoms with E-state index in [0.29, 0.717) is 29.8 Å². The number of rotatable bonds is 4. The lowest BCUT2D eigenvalue weighted by Crippen LogP contribution is -2.24. The lowest BCUT2D eigenvalue weighted by atomic mass is 10.1. The van der Waals surface area contributed by atoms with E-state index >= 15 is 0 Å².